The van der Waals surface area contributed by atoms with Gasteiger partial charge >= 0.3 is 5.97 Å². The summed E-state index contributed by atoms with van der Waals surface area (Å²) in [6, 6.07) is 0. The second kappa shape index (κ2) is 12.2. The average Bonchev–Trinajstić information content (AvgIpc) is 2.82. The van der Waals surface area contributed by atoms with Crippen LogP contribution in [0.1, 0.15) is 64.7 Å². The minimum atomic E-state index is -0.846. The number of aliphatic hydroxyl groups is 3. The lowest BCUT2D eigenvalue weighted by molar-refractivity contribution is -0.137. The summed E-state index contributed by atoms with van der Waals surface area (Å²) in [5.74, 6) is -1.23. The maximum absolute atomic E-state index is 10.6. The van der Waals surface area contributed by atoms with Crippen LogP contribution in [0.25, 0.3) is 0 Å². The van der Waals surface area contributed by atoms with Gasteiger partial charge in [-0.1, -0.05) is 44.1 Å². The van der Waals surface area contributed by atoms with Gasteiger partial charge in [0.05, 0.1) is 18.3 Å². The summed E-state index contributed by atoms with van der Waals surface area (Å²) in [5, 5.41) is 39.0. The molecule has 1 fully saturated rings. The zero-order valence-corrected chi connectivity index (χ0v) is 15.3. The Hall–Kier alpha value is -1.17. The normalized spacial score (nSPS) is 28.2. The smallest absolute Gasteiger partial charge is 0.303 e. The first-order chi connectivity index (χ1) is 12.0. The van der Waals surface area contributed by atoms with E-state index in [0.29, 0.717) is 25.7 Å². The van der Waals surface area contributed by atoms with Gasteiger partial charge in [-0.2, -0.15) is 0 Å². The predicted molar refractivity (Wildman–Crippen MR) is 98.1 cm³/mol. The Bertz CT molecular complexity index is 432. The third kappa shape index (κ3) is 8.66. The number of hydrogen-bond acceptors (Lipinski definition) is 4. The Balaban J connectivity index is 2.44. The Labute approximate surface area is 151 Å². The van der Waals surface area contributed by atoms with Crippen LogP contribution >= 0.6 is 0 Å². The molecular formula is C20H34O5. The predicted octanol–water partition coefficient (Wildman–Crippen LogP) is 3.04. The van der Waals surface area contributed by atoms with Crippen LogP contribution in [0, 0.1) is 11.8 Å². The number of carboxylic acids is 1. The van der Waals surface area contributed by atoms with Gasteiger partial charge in [0.25, 0.3) is 0 Å². The second-order valence-corrected chi connectivity index (χ2v) is 7.05. The first kappa shape index (κ1) is 21.9. The molecule has 1 rings (SSSR count). The monoisotopic (exact) mass is 354 g/mol. The highest BCUT2D eigenvalue weighted by Crippen LogP contribution is 2.37. The van der Waals surface area contributed by atoms with Crippen molar-refractivity contribution in [2.75, 3.05) is 0 Å². The lowest BCUT2D eigenvalue weighted by Gasteiger charge is -2.20. The van der Waals surface area contributed by atoms with Crippen molar-refractivity contribution in [1.82, 2.24) is 0 Å². The van der Waals surface area contributed by atoms with Crippen LogP contribution in [0.5, 0.6) is 0 Å². The van der Waals surface area contributed by atoms with Crippen LogP contribution in [0.2, 0.25) is 0 Å². The van der Waals surface area contributed by atoms with Crippen molar-refractivity contribution in [2.45, 2.75) is 83.0 Å². The molecule has 1 aliphatic rings. The molecule has 5 atom stereocenters. The average molecular weight is 354 g/mol. The van der Waals surface area contributed by atoms with E-state index in [0.717, 1.165) is 6.42 Å². The summed E-state index contributed by atoms with van der Waals surface area (Å²) in [7, 11) is 0. The van der Waals surface area contributed by atoms with Crippen LogP contribution in [0.4, 0.5) is 0 Å². The SMILES string of the molecule is CCCCC/C=C\C[C@@H](O)/C=C/[C@H]1[C@@H](CCCC(=O)O)[C@@H](O)C[C@H]1O. The summed E-state index contributed by atoms with van der Waals surface area (Å²) < 4.78 is 0. The van der Waals surface area contributed by atoms with Crippen molar-refractivity contribution < 1.29 is 25.2 Å². The first-order valence-corrected chi connectivity index (χ1v) is 9.55. The number of carboxylic acid groups (broad SMARTS) is 1. The van der Waals surface area contributed by atoms with E-state index < -0.39 is 24.3 Å². The molecule has 0 aromatic rings. The standard InChI is InChI=1S/C20H34O5/c1-2-3-4-5-6-7-9-15(21)12-13-17-16(10-8-11-20(24)25)18(22)14-19(17)23/h6-7,12-13,15-19,21-23H,2-5,8-11,14H2,1H3,(H,24,25)/b7-6-,13-12+/t15-,16-,17+,18+,19-/m1/s1. The zero-order valence-electron chi connectivity index (χ0n) is 15.3. The van der Waals surface area contributed by atoms with E-state index in [1.807, 2.05) is 6.08 Å². The van der Waals surface area contributed by atoms with E-state index in [9.17, 15) is 20.1 Å². The summed E-state index contributed by atoms with van der Waals surface area (Å²) in [4.78, 5) is 10.6. The Morgan fingerprint density at radius 2 is 1.92 bits per heavy atom. The molecule has 5 nitrogen and oxygen atoms in total. The van der Waals surface area contributed by atoms with Gasteiger partial charge in [0, 0.05) is 18.8 Å². The maximum atomic E-state index is 10.6. The lowest BCUT2D eigenvalue weighted by atomic mass is 9.88. The van der Waals surface area contributed by atoms with E-state index >= 15 is 0 Å². The Morgan fingerprint density at radius 1 is 1.16 bits per heavy atom. The molecule has 5 heteroatoms. The Morgan fingerprint density at radius 3 is 2.60 bits per heavy atom. The molecule has 0 aliphatic heterocycles. The molecule has 1 saturated carbocycles. The van der Waals surface area contributed by atoms with Crippen molar-refractivity contribution in [3.05, 3.63) is 24.3 Å². The van der Waals surface area contributed by atoms with Gasteiger partial charge in [-0.25, -0.2) is 0 Å². The molecule has 0 aromatic carbocycles. The van der Waals surface area contributed by atoms with E-state index in [2.05, 4.69) is 13.0 Å². The van der Waals surface area contributed by atoms with Gasteiger partial charge in [0.2, 0.25) is 0 Å². The van der Waals surface area contributed by atoms with E-state index in [4.69, 9.17) is 5.11 Å². The van der Waals surface area contributed by atoms with Gasteiger partial charge in [-0.3, -0.25) is 4.79 Å². The van der Waals surface area contributed by atoms with Crippen molar-refractivity contribution in [1.29, 1.82) is 0 Å². The lowest BCUT2D eigenvalue weighted by Crippen LogP contribution is -2.21. The number of aliphatic carboxylic acids is 1. The van der Waals surface area contributed by atoms with Gasteiger partial charge in [-0.05, 0) is 38.0 Å². The molecule has 25 heavy (non-hydrogen) atoms. The van der Waals surface area contributed by atoms with Gasteiger partial charge in [0.15, 0.2) is 0 Å². The van der Waals surface area contributed by atoms with Crippen LogP contribution in [-0.2, 0) is 4.79 Å². The zero-order chi connectivity index (χ0) is 18.7. The molecule has 1 aliphatic carbocycles. The van der Waals surface area contributed by atoms with Crippen molar-refractivity contribution in [3.8, 4) is 0 Å². The highest BCUT2D eigenvalue weighted by molar-refractivity contribution is 5.66. The largest absolute Gasteiger partial charge is 0.481 e. The Kier molecular flexibility index (Phi) is 10.7. The highest BCUT2D eigenvalue weighted by atomic mass is 16.4. The molecule has 0 amide bonds. The van der Waals surface area contributed by atoms with Crippen LogP contribution in [0.3, 0.4) is 0 Å². The quantitative estimate of drug-likeness (QED) is 0.319. The summed E-state index contributed by atoms with van der Waals surface area (Å²) in [6.45, 7) is 2.17. The number of allylic oxidation sites excluding steroid dienone is 1. The van der Waals surface area contributed by atoms with Crippen LogP contribution in [-0.4, -0.2) is 44.7 Å². The second-order valence-electron chi connectivity index (χ2n) is 7.05. The fraction of sp³-hybridized carbons (Fsp3) is 0.750. The number of unbranched alkanes of at least 4 members (excludes halogenated alkanes) is 3. The molecule has 4 N–H and O–H groups in total. The first-order valence-electron chi connectivity index (χ1n) is 9.55. The topological polar surface area (TPSA) is 98.0 Å². The number of hydrogen-bond donors (Lipinski definition) is 4. The van der Waals surface area contributed by atoms with Crippen molar-refractivity contribution >= 4 is 5.97 Å². The number of carbonyl (C=O) groups is 1. The van der Waals surface area contributed by atoms with Gasteiger partial charge < -0.3 is 20.4 Å². The number of rotatable bonds is 12. The minimum Gasteiger partial charge on any atom is -0.481 e. The molecule has 0 spiro atoms. The van der Waals surface area contributed by atoms with Crippen LogP contribution in [0.15, 0.2) is 24.3 Å². The van der Waals surface area contributed by atoms with Crippen LogP contribution < -0.4 is 0 Å². The third-order valence-electron chi connectivity index (χ3n) is 4.92. The summed E-state index contributed by atoms with van der Waals surface area (Å²) >= 11 is 0. The molecule has 0 heterocycles. The van der Waals surface area contributed by atoms with E-state index in [1.54, 1.807) is 12.2 Å². The highest BCUT2D eigenvalue weighted by Gasteiger charge is 2.39. The molecular weight excluding hydrogens is 320 g/mol. The maximum Gasteiger partial charge on any atom is 0.303 e. The van der Waals surface area contributed by atoms with Gasteiger partial charge in [0.1, 0.15) is 0 Å². The molecule has 0 bridgehead atoms. The fourth-order valence-corrected chi connectivity index (χ4v) is 3.47. The molecule has 0 saturated heterocycles. The molecule has 144 valence electrons. The molecule has 0 unspecified atom stereocenters. The summed E-state index contributed by atoms with van der Waals surface area (Å²) in [5.41, 5.74) is 0. The number of aliphatic hydroxyl groups excluding tert-OH is 3. The third-order valence-corrected chi connectivity index (χ3v) is 4.92. The van der Waals surface area contributed by atoms with Gasteiger partial charge in [-0.15, -0.1) is 0 Å². The molecule has 0 aromatic heterocycles. The minimum absolute atomic E-state index is 0.0706. The van der Waals surface area contributed by atoms with E-state index in [1.165, 1.54) is 19.3 Å². The fourth-order valence-electron chi connectivity index (χ4n) is 3.47. The van der Waals surface area contributed by atoms with Crippen molar-refractivity contribution in [2.24, 2.45) is 11.8 Å². The van der Waals surface area contributed by atoms with Crippen molar-refractivity contribution in [3.63, 3.8) is 0 Å². The molecule has 0 radical (unpaired) electrons. The van der Waals surface area contributed by atoms with E-state index in [-0.39, 0.29) is 18.3 Å². The summed E-state index contributed by atoms with van der Waals surface area (Å²) in [6.07, 6.45) is 12.3.